The molecule has 0 aliphatic carbocycles. The Hall–Kier alpha value is -2.22. The fourth-order valence-corrected chi connectivity index (χ4v) is 4.04. The van der Waals surface area contributed by atoms with E-state index in [1.807, 2.05) is 6.92 Å². The predicted molar refractivity (Wildman–Crippen MR) is 84.6 cm³/mol. The van der Waals surface area contributed by atoms with Gasteiger partial charge in [-0.3, -0.25) is 4.72 Å². The fraction of sp³-hybridized carbons (Fsp3) is 0.250. The first-order chi connectivity index (χ1) is 11.0. The molecule has 0 aliphatic rings. The average Bonchev–Trinajstić information content (AvgIpc) is 2.37. The van der Waals surface area contributed by atoms with Crippen LogP contribution in [-0.2, 0) is 10.0 Å². The Kier molecular flexibility index (Phi) is 4.80. The first-order valence-electron chi connectivity index (χ1n) is 6.94. The van der Waals surface area contributed by atoms with Gasteiger partial charge in [0, 0.05) is 5.69 Å². The molecule has 2 aromatic carbocycles. The van der Waals surface area contributed by atoms with Crippen molar-refractivity contribution >= 4 is 15.7 Å². The number of hydrogen-bond donors (Lipinski definition) is 1. The molecule has 0 aliphatic heterocycles. The van der Waals surface area contributed by atoms with E-state index in [0.717, 1.165) is 17.7 Å². The van der Waals surface area contributed by atoms with Crippen LogP contribution in [0.5, 0.6) is 5.75 Å². The molecule has 0 amide bonds. The number of ether oxygens (including phenoxy) is 1. The summed E-state index contributed by atoms with van der Waals surface area (Å²) in [4.78, 5) is 0.156. The number of aryl methyl sites for hydroxylation is 3. The monoisotopic (exact) mass is 359 g/mol. The average molecular weight is 359 g/mol. The molecule has 8 heteroatoms. The number of nitrogens with one attached hydrogen (secondary N) is 1. The van der Waals surface area contributed by atoms with Crippen molar-refractivity contribution in [1.29, 1.82) is 0 Å². The highest BCUT2D eigenvalue weighted by atomic mass is 32.2. The largest absolute Gasteiger partial charge is 0.573 e. The van der Waals surface area contributed by atoms with E-state index in [1.54, 1.807) is 26.0 Å². The molecule has 2 aromatic rings. The molecule has 0 spiro atoms. The van der Waals surface area contributed by atoms with Gasteiger partial charge in [0.1, 0.15) is 5.75 Å². The third-order valence-electron chi connectivity index (χ3n) is 3.21. The van der Waals surface area contributed by atoms with Gasteiger partial charge in [-0.25, -0.2) is 8.42 Å². The Morgan fingerprint density at radius 3 is 1.92 bits per heavy atom. The molecule has 0 saturated carbocycles. The van der Waals surface area contributed by atoms with Gasteiger partial charge >= 0.3 is 6.36 Å². The van der Waals surface area contributed by atoms with Crippen LogP contribution in [0.3, 0.4) is 0 Å². The molecular weight excluding hydrogens is 343 g/mol. The summed E-state index contributed by atoms with van der Waals surface area (Å²) in [5.74, 6) is -0.423. The van der Waals surface area contributed by atoms with Crippen molar-refractivity contribution in [2.45, 2.75) is 32.0 Å². The predicted octanol–water partition coefficient (Wildman–Crippen LogP) is 4.31. The molecule has 0 saturated heterocycles. The van der Waals surface area contributed by atoms with Gasteiger partial charge in [-0.1, -0.05) is 17.7 Å². The number of sulfonamides is 1. The van der Waals surface area contributed by atoms with Crippen LogP contribution in [0.4, 0.5) is 18.9 Å². The Labute approximate surface area is 138 Å². The zero-order valence-electron chi connectivity index (χ0n) is 13.2. The number of anilines is 1. The number of rotatable bonds is 4. The van der Waals surface area contributed by atoms with Crippen LogP contribution in [0, 0.1) is 20.8 Å². The van der Waals surface area contributed by atoms with Gasteiger partial charge in [0.2, 0.25) is 0 Å². The van der Waals surface area contributed by atoms with E-state index >= 15 is 0 Å². The summed E-state index contributed by atoms with van der Waals surface area (Å²) in [5, 5.41) is 0. The molecule has 1 N–H and O–H groups in total. The topological polar surface area (TPSA) is 55.4 Å². The Balaban J connectivity index is 2.27. The summed E-state index contributed by atoms with van der Waals surface area (Å²) < 4.78 is 67.6. The lowest BCUT2D eigenvalue weighted by molar-refractivity contribution is -0.274. The lowest BCUT2D eigenvalue weighted by Crippen LogP contribution is -2.17. The summed E-state index contributed by atoms with van der Waals surface area (Å²) in [7, 11) is -3.85. The first kappa shape index (κ1) is 18.1. The van der Waals surface area contributed by atoms with Crippen LogP contribution in [0.2, 0.25) is 0 Å². The Morgan fingerprint density at radius 1 is 0.958 bits per heavy atom. The molecule has 2 rings (SSSR count). The van der Waals surface area contributed by atoms with Crippen molar-refractivity contribution in [2.24, 2.45) is 0 Å². The van der Waals surface area contributed by atoms with E-state index in [4.69, 9.17) is 0 Å². The minimum atomic E-state index is -4.79. The van der Waals surface area contributed by atoms with Gasteiger partial charge in [0.25, 0.3) is 10.0 Å². The van der Waals surface area contributed by atoms with Crippen molar-refractivity contribution in [3.63, 3.8) is 0 Å². The van der Waals surface area contributed by atoms with Crippen LogP contribution in [-0.4, -0.2) is 14.8 Å². The fourth-order valence-electron chi connectivity index (χ4n) is 2.52. The maximum Gasteiger partial charge on any atom is 0.573 e. The molecule has 4 nitrogen and oxygen atoms in total. The number of alkyl halides is 3. The van der Waals surface area contributed by atoms with Gasteiger partial charge < -0.3 is 4.74 Å². The first-order valence-corrected chi connectivity index (χ1v) is 8.43. The highest BCUT2D eigenvalue weighted by molar-refractivity contribution is 7.92. The Morgan fingerprint density at radius 2 is 1.46 bits per heavy atom. The molecule has 0 radical (unpaired) electrons. The molecule has 0 heterocycles. The third kappa shape index (κ3) is 4.41. The number of hydrogen-bond acceptors (Lipinski definition) is 3. The molecular formula is C16H16F3NO3S. The van der Waals surface area contributed by atoms with Gasteiger partial charge in [-0.05, 0) is 56.2 Å². The molecule has 0 unspecified atom stereocenters. The Bertz CT molecular complexity index is 821. The molecule has 0 fully saturated rings. The lowest BCUT2D eigenvalue weighted by Gasteiger charge is -2.14. The van der Waals surface area contributed by atoms with E-state index < -0.39 is 22.1 Å². The summed E-state index contributed by atoms with van der Waals surface area (Å²) in [5.41, 5.74) is 2.27. The molecule has 0 bridgehead atoms. The maximum absolute atomic E-state index is 12.5. The number of halogens is 3. The van der Waals surface area contributed by atoms with E-state index in [2.05, 4.69) is 9.46 Å². The zero-order chi connectivity index (χ0) is 18.1. The standard InChI is InChI=1S/C16H16F3NO3S/c1-10-8-11(2)15(12(3)9-10)24(21,22)20-13-4-6-14(7-5-13)23-16(17,18)19/h4-9,20H,1-3H3. The SMILES string of the molecule is Cc1cc(C)c(S(=O)(=O)Nc2ccc(OC(F)(F)F)cc2)c(C)c1. The maximum atomic E-state index is 12.5. The normalized spacial score (nSPS) is 12.1. The second-order valence-corrected chi connectivity index (χ2v) is 7.02. The molecule has 24 heavy (non-hydrogen) atoms. The van der Waals surface area contributed by atoms with Crippen molar-refractivity contribution in [1.82, 2.24) is 0 Å². The molecule has 130 valence electrons. The van der Waals surface area contributed by atoms with Crippen LogP contribution >= 0.6 is 0 Å². The second-order valence-electron chi connectivity index (χ2n) is 5.41. The quantitative estimate of drug-likeness (QED) is 0.885. The highest BCUT2D eigenvalue weighted by Crippen LogP contribution is 2.27. The van der Waals surface area contributed by atoms with Crippen molar-refractivity contribution < 1.29 is 26.3 Å². The van der Waals surface area contributed by atoms with Gasteiger partial charge in [-0.2, -0.15) is 0 Å². The lowest BCUT2D eigenvalue weighted by atomic mass is 10.1. The van der Waals surface area contributed by atoms with Crippen molar-refractivity contribution in [2.75, 3.05) is 4.72 Å². The van der Waals surface area contributed by atoms with Gasteiger partial charge in [-0.15, -0.1) is 13.2 Å². The highest BCUT2D eigenvalue weighted by Gasteiger charge is 2.31. The third-order valence-corrected chi connectivity index (χ3v) is 4.90. The molecule has 0 aromatic heterocycles. The van der Waals surface area contributed by atoms with Crippen LogP contribution in [0.1, 0.15) is 16.7 Å². The van der Waals surface area contributed by atoms with Crippen molar-refractivity contribution in [3.05, 3.63) is 53.1 Å². The summed E-state index contributed by atoms with van der Waals surface area (Å²) in [6.45, 7) is 5.24. The number of benzene rings is 2. The summed E-state index contributed by atoms with van der Waals surface area (Å²) in [6, 6.07) is 8.00. The van der Waals surface area contributed by atoms with E-state index in [1.165, 1.54) is 12.1 Å². The van der Waals surface area contributed by atoms with E-state index in [0.29, 0.717) is 11.1 Å². The minimum absolute atomic E-state index is 0.142. The smallest absolute Gasteiger partial charge is 0.406 e. The van der Waals surface area contributed by atoms with Gasteiger partial charge in [0.15, 0.2) is 0 Å². The van der Waals surface area contributed by atoms with E-state index in [-0.39, 0.29) is 10.6 Å². The van der Waals surface area contributed by atoms with Crippen LogP contribution in [0.25, 0.3) is 0 Å². The summed E-state index contributed by atoms with van der Waals surface area (Å²) in [6.07, 6.45) is -4.79. The minimum Gasteiger partial charge on any atom is -0.406 e. The van der Waals surface area contributed by atoms with Crippen LogP contribution < -0.4 is 9.46 Å². The van der Waals surface area contributed by atoms with E-state index in [9.17, 15) is 21.6 Å². The van der Waals surface area contributed by atoms with Gasteiger partial charge in [0.05, 0.1) is 4.90 Å². The van der Waals surface area contributed by atoms with Crippen molar-refractivity contribution in [3.8, 4) is 5.75 Å². The summed E-state index contributed by atoms with van der Waals surface area (Å²) >= 11 is 0. The van der Waals surface area contributed by atoms with Crippen LogP contribution in [0.15, 0.2) is 41.3 Å². The molecule has 0 atom stereocenters. The zero-order valence-corrected chi connectivity index (χ0v) is 14.0. The second kappa shape index (κ2) is 6.35.